The van der Waals surface area contributed by atoms with Crippen molar-refractivity contribution in [2.75, 3.05) is 16.2 Å². The van der Waals surface area contributed by atoms with Crippen molar-refractivity contribution in [3.8, 4) is 0 Å². The molecule has 0 aromatic heterocycles. The van der Waals surface area contributed by atoms with Gasteiger partial charge >= 0.3 is 0 Å². The number of benzene rings is 1. The first-order valence-electron chi connectivity index (χ1n) is 4.39. The number of hydrogen-bond acceptors (Lipinski definition) is 3. The summed E-state index contributed by atoms with van der Waals surface area (Å²) in [7, 11) is -3.19. The summed E-state index contributed by atoms with van der Waals surface area (Å²) in [6.45, 7) is 1.82. The molecule has 0 atom stereocenters. The summed E-state index contributed by atoms with van der Waals surface area (Å²) in [6.07, 6.45) is 0.601. The Balaban J connectivity index is 2.74. The van der Waals surface area contributed by atoms with Gasteiger partial charge in [0.25, 0.3) is 0 Å². The van der Waals surface area contributed by atoms with Crippen LogP contribution in [0.1, 0.15) is 13.3 Å². The van der Waals surface area contributed by atoms with Crippen molar-refractivity contribution in [2.45, 2.75) is 13.3 Å². The Kier molecular flexibility index (Phi) is 3.35. The predicted molar refractivity (Wildman–Crippen MR) is 58.6 cm³/mol. The molecule has 1 rings (SSSR count). The largest absolute Gasteiger partial charge is 0.399 e. The third kappa shape index (κ3) is 3.26. The number of hydrogen-bond donors (Lipinski definition) is 2. The van der Waals surface area contributed by atoms with E-state index in [2.05, 4.69) is 4.72 Å². The number of nitrogens with one attached hydrogen (secondary N) is 1. The highest BCUT2D eigenvalue weighted by atomic mass is 32.2. The summed E-state index contributed by atoms with van der Waals surface area (Å²) in [5.41, 5.74) is 6.63. The van der Waals surface area contributed by atoms with Crippen molar-refractivity contribution >= 4 is 21.4 Å². The Hall–Kier alpha value is -1.23. The Morgan fingerprint density at radius 2 is 1.86 bits per heavy atom. The molecule has 14 heavy (non-hydrogen) atoms. The van der Waals surface area contributed by atoms with Gasteiger partial charge in [-0.1, -0.05) is 6.92 Å². The maximum atomic E-state index is 11.3. The molecule has 0 heterocycles. The molecule has 0 saturated heterocycles. The molecule has 0 unspecified atom stereocenters. The average Bonchev–Trinajstić information content (AvgIpc) is 2.08. The van der Waals surface area contributed by atoms with Crippen LogP contribution in [0.5, 0.6) is 0 Å². The SMILES string of the molecule is CCCS(=O)(=O)Nc1ccc(N)cc1. The molecule has 5 heteroatoms. The number of sulfonamides is 1. The van der Waals surface area contributed by atoms with E-state index in [0.717, 1.165) is 0 Å². The Morgan fingerprint density at radius 1 is 1.29 bits per heavy atom. The lowest BCUT2D eigenvalue weighted by Gasteiger charge is -2.06. The highest BCUT2D eigenvalue weighted by Crippen LogP contribution is 2.12. The molecule has 78 valence electrons. The smallest absolute Gasteiger partial charge is 0.232 e. The van der Waals surface area contributed by atoms with E-state index in [0.29, 0.717) is 17.8 Å². The van der Waals surface area contributed by atoms with E-state index < -0.39 is 10.0 Å². The summed E-state index contributed by atoms with van der Waals surface area (Å²) < 4.78 is 25.1. The minimum atomic E-state index is -3.19. The van der Waals surface area contributed by atoms with Crippen LogP contribution in [0.25, 0.3) is 0 Å². The van der Waals surface area contributed by atoms with Crippen LogP contribution in [0.2, 0.25) is 0 Å². The van der Waals surface area contributed by atoms with Gasteiger partial charge in [0, 0.05) is 11.4 Å². The Bertz CT molecular complexity index is 384. The first-order valence-corrected chi connectivity index (χ1v) is 6.05. The van der Waals surface area contributed by atoms with Crippen LogP contribution in [-0.4, -0.2) is 14.2 Å². The standard InChI is InChI=1S/C9H14N2O2S/c1-2-7-14(12,13)11-9-5-3-8(10)4-6-9/h3-6,11H,2,7,10H2,1H3. The molecule has 0 aliphatic heterocycles. The molecule has 1 aromatic carbocycles. The van der Waals surface area contributed by atoms with Crippen molar-refractivity contribution < 1.29 is 8.42 Å². The monoisotopic (exact) mass is 214 g/mol. The van der Waals surface area contributed by atoms with E-state index in [1.165, 1.54) is 0 Å². The first-order chi connectivity index (χ1) is 6.53. The van der Waals surface area contributed by atoms with E-state index in [9.17, 15) is 8.42 Å². The zero-order valence-electron chi connectivity index (χ0n) is 8.03. The first kappa shape index (κ1) is 10.8. The number of nitrogens with two attached hydrogens (primary N) is 1. The molecule has 0 saturated carbocycles. The summed E-state index contributed by atoms with van der Waals surface area (Å²) in [4.78, 5) is 0. The van der Waals surface area contributed by atoms with Crippen molar-refractivity contribution in [3.05, 3.63) is 24.3 Å². The zero-order chi connectivity index (χ0) is 10.6. The second-order valence-corrected chi connectivity index (χ2v) is 4.88. The third-order valence-corrected chi connectivity index (χ3v) is 3.15. The molecular formula is C9H14N2O2S. The summed E-state index contributed by atoms with van der Waals surface area (Å²) >= 11 is 0. The fourth-order valence-electron chi connectivity index (χ4n) is 1.05. The highest BCUT2D eigenvalue weighted by Gasteiger charge is 2.07. The van der Waals surface area contributed by atoms with Gasteiger partial charge < -0.3 is 5.73 Å². The average molecular weight is 214 g/mol. The number of anilines is 2. The van der Waals surface area contributed by atoms with Crippen LogP contribution >= 0.6 is 0 Å². The molecule has 0 aliphatic carbocycles. The Morgan fingerprint density at radius 3 is 2.36 bits per heavy atom. The van der Waals surface area contributed by atoms with Crippen LogP contribution in [0.15, 0.2) is 24.3 Å². The van der Waals surface area contributed by atoms with Gasteiger partial charge in [-0.3, -0.25) is 4.72 Å². The van der Waals surface area contributed by atoms with Gasteiger partial charge in [-0.2, -0.15) is 0 Å². The molecule has 0 fully saturated rings. The molecule has 0 amide bonds. The molecule has 0 radical (unpaired) electrons. The fourth-order valence-corrected chi connectivity index (χ4v) is 2.19. The van der Waals surface area contributed by atoms with Crippen LogP contribution in [0.3, 0.4) is 0 Å². The second-order valence-electron chi connectivity index (χ2n) is 3.04. The molecule has 3 N–H and O–H groups in total. The zero-order valence-corrected chi connectivity index (χ0v) is 8.84. The van der Waals surface area contributed by atoms with Crippen LogP contribution in [-0.2, 0) is 10.0 Å². The van der Waals surface area contributed by atoms with E-state index in [4.69, 9.17) is 5.73 Å². The quantitative estimate of drug-likeness (QED) is 0.744. The lowest BCUT2D eigenvalue weighted by molar-refractivity contribution is 0.600. The van der Waals surface area contributed by atoms with Gasteiger partial charge in [0.15, 0.2) is 0 Å². The predicted octanol–water partition coefficient (Wildman–Crippen LogP) is 1.42. The fraction of sp³-hybridized carbons (Fsp3) is 0.333. The van der Waals surface area contributed by atoms with E-state index in [1.807, 2.05) is 6.92 Å². The number of nitrogen functional groups attached to an aromatic ring is 1. The molecule has 4 nitrogen and oxygen atoms in total. The lowest BCUT2D eigenvalue weighted by Crippen LogP contribution is -2.15. The van der Waals surface area contributed by atoms with Gasteiger partial charge in [-0.05, 0) is 30.7 Å². The minimum Gasteiger partial charge on any atom is -0.399 e. The van der Waals surface area contributed by atoms with Crippen LogP contribution in [0.4, 0.5) is 11.4 Å². The van der Waals surface area contributed by atoms with Gasteiger partial charge in [0.05, 0.1) is 5.75 Å². The second kappa shape index (κ2) is 4.32. The summed E-state index contributed by atoms with van der Waals surface area (Å²) in [5, 5.41) is 0. The van der Waals surface area contributed by atoms with E-state index in [1.54, 1.807) is 24.3 Å². The molecular weight excluding hydrogens is 200 g/mol. The van der Waals surface area contributed by atoms with Crippen molar-refractivity contribution in [3.63, 3.8) is 0 Å². The maximum Gasteiger partial charge on any atom is 0.232 e. The van der Waals surface area contributed by atoms with Crippen molar-refractivity contribution in [2.24, 2.45) is 0 Å². The minimum absolute atomic E-state index is 0.136. The van der Waals surface area contributed by atoms with Gasteiger partial charge in [0.1, 0.15) is 0 Å². The van der Waals surface area contributed by atoms with E-state index in [-0.39, 0.29) is 5.75 Å². The molecule has 1 aromatic rings. The topological polar surface area (TPSA) is 72.2 Å². The molecule has 0 spiro atoms. The normalized spacial score (nSPS) is 11.2. The third-order valence-electron chi connectivity index (χ3n) is 1.66. The van der Waals surface area contributed by atoms with Crippen LogP contribution in [0, 0.1) is 0 Å². The highest BCUT2D eigenvalue weighted by molar-refractivity contribution is 7.92. The lowest BCUT2D eigenvalue weighted by atomic mass is 10.3. The van der Waals surface area contributed by atoms with Crippen LogP contribution < -0.4 is 10.5 Å². The van der Waals surface area contributed by atoms with Gasteiger partial charge in [0.2, 0.25) is 10.0 Å². The van der Waals surface area contributed by atoms with Crippen molar-refractivity contribution in [1.29, 1.82) is 0 Å². The molecule has 0 bridgehead atoms. The maximum absolute atomic E-state index is 11.3. The number of rotatable bonds is 4. The van der Waals surface area contributed by atoms with Crippen molar-refractivity contribution in [1.82, 2.24) is 0 Å². The summed E-state index contributed by atoms with van der Waals surface area (Å²) in [6, 6.07) is 6.60. The van der Waals surface area contributed by atoms with E-state index >= 15 is 0 Å². The van der Waals surface area contributed by atoms with Gasteiger partial charge in [-0.25, -0.2) is 8.42 Å². The molecule has 0 aliphatic rings. The Labute approximate surface area is 84.2 Å². The summed E-state index contributed by atoms with van der Waals surface area (Å²) in [5.74, 6) is 0.136. The van der Waals surface area contributed by atoms with Gasteiger partial charge in [-0.15, -0.1) is 0 Å².